The summed E-state index contributed by atoms with van der Waals surface area (Å²) in [7, 11) is 0. The summed E-state index contributed by atoms with van der Waals surface area (Å²) in [4.78, 5) is 9.17. The van der Waals surface area contributed by atoms with Crippen molar-refractivity contribution < 1.29 is 0 Å². The molecule has 1 aromatic heterocycles. The summed E-state index contributed by atoms with van der Waals surface area (Å²) in [5.41, 5.74) is 0.263. The SMILES string of the molecule is CCC1(CC)CN=C(NC(C)(C)c2nccs2)SC1. The number of nitrogens with zero attached hydrogens (tertiary/aromatic N) is 2. The first-order chi connectivity index (χ1) is 9.01. The van der Waals surface area contributed by atoms with Crippen LogP contribution in [0.15, 0.2) is 16.6 Å². The van der Waals surface area contributed by atoms with Crippen LogP contribution in [-0.2, 0) is 5.54 Å². The van der Waals surface area contributed by atoms with Gasteiger partial charge in [0.2, 0.25) is 0 Å². The van der Waals surface area contributed by atoms with E-state index in [1.54, 1.807) is 11.3 Å². The summed E-state index contributed by atoms with van der Waals surface area (Å²) in [6.07, 6.45) is 4.28. The van der Waals surface area contributed by atoms with Crippen LogP contribution in [0.4, 0.5) is 0 Å². The van der Waals surface area contributed by atoms with Crippen molar-refractivity contribution in [2.45, 2.75) is 46.1 Å². The summed E-state index contributed by atoms with van der Waals surface area (Å²) in [6.45, 7) is 9.82. The monoisotopic (exact) mass is 297 g/mol. The van der Waals surface area contributed by atoms with Crippen molar-refractivity contribution >= 4 is 28.3 Å². The second-order valence-electron chi connectivity index (χ2n) is 5.70. The van der Waals surface area contributed by atoms with E-state index in [2.05, 4.69) is 38.0 Å². The van der Waals surface area contributed by atoms with E-state index < -0.39 is 0 Å². The first kappa shape index (κ1) is 14.9. The summed E-state index contributed by atoms with van der Waals surface area (Å²) >= 11 is 3.55. The molecule has 0 saturated heterocycles. The largest absolute Gasteiger partial charge is 0.354 e. The number of rotatable bonds is 4. The Balaban J connectivity index is 2.04. The van der Waals surface area contributed by atoms with Gasteiger partial charge in [0, 0.05) is 23.9 Å². The Labute approximate surface area is 124 Å². The van der Waals surface area contributed by atoms with E-state index in [0.717, 1.165) is 16.7 Å². The Morgan fingerprint density at radius 2 is 2.11 bits per heavy atom. The highest BCUT2D eigenvalue weighted by Crippen LogP contribution is 2.35. The van der Waals surface area contributed by atoms with Crippen LogP contribution in [0, 0.1) is 5.41 Å². The maximum absolute atomic E-state index is 4.77. The Hall–Kier alpha value is -0.550. The Bertz CT molecular complexity index is 434. The lowest BCUT2D eigenvalue weighted by Gasteiger charge is -2.35. The van der Waals surface area contributed by atoms with Crippen molar-refractivity contribution in [2.24, 2.45) is 10.4 Å². The number of aliphatic imine (C=N–C) groups is 1. The van der Waals surface area contributed by atoms with Gasteiger partial charge in [-0.25, -0.2) is 4.98 Å². The fourth-order valence-corrected chi connectivity index (χ4v) is 4.30. The van der Waals surface area contributed by atoms with Gasteiger partial charge in [-0.2, -0.15) is 0 Å². The van der Waals surface area contributed by atoms with Crippen LogP contribution < -0.4 is 5.32 Å². The minimum atomic E-state index is -0.140. The van der Waals surface area contributed by atoms with Crippen molar-refractivity contribution in [3.05, 3.63) is 16.6 Å². The zero-order valence-corrected chi connectivity index (χ0v) is 13.8. The van der Waals surface area contributed by atoms with Crippen LogP contribution in [0.25, 0.3) is 0 Å². The third-order valence-electron chi connectivity index (χ3n) is 3.96. The molecule has 0 spiro atoms. The van der Waals surface area contributed by atoms with Crippen LogP contribution in [0.3, 0.4) is 0 Å². The smallest absolute Gasteiger partial charge is 0.157 e. The van der Waals surface area contributed by atoms with Gasteiger partial charge in [-0.15, -0.1) is 11.3 Å². The fraction of sp³-hybridized carbons (Fsp3) is 0.714. The molecule has 2 heterocycles. The second-order valence-corrected chi connectivity index (χ2v) is 7.56. The van der Waals surface area contributed by atoms with Crippen molar-refractivity contribution in [1.29, 1.82) is 0 Å². The van der Waals surface area contributed by atoms with Crippen molar-refractivity contribution in [3.63, 3.8) is 0 Å². The van der Waals surface area contributed by atoms with E-state index in [0.29, 0.717) is 5.41 Å². The van der Waals surface area contributed by atoms with Gasteiger partial charge in [0.05, 0.1) is 5.54 Å². The molecule has 0 radical (unpaired) electrons. The third kappa shape index (κ3) is 3.31. The zero-order chi connectivity index (χ0) is 13.9. The fourth-order valence-electron chi connectivity index (χ4n) is 2.16. The van der Waals surface area contributed by atoms with Crippen LogP contribution in [-0.4, -0.2) is 22.4 Å². The minimum Gasteiger partial charge on any atom is -0.354 e. The summed E-state index contributed by atoms with van der Waals surface area (Å²) in [5.74, 6) is 1.17. The highest BCUT2D eigenvalue weighted by molar-refractivity contribution is 8.13. The number of nitrogens with one attached hydrogen (secondary N) is 1. The van der Waals surface area contributed by atoms with Crippen LogP contribution in [0.5, 0.6) is 0 Å². The number of amidine groups is 1. The number of aromatic nitrogens is 1. The molecule has 1 aromatic rings. The maximum Gasteiger partial charge on any atom is 0.157 e. The molecule has 2 rings (SSSR count). The standard InChI is InChI=1S/C14H23N3S2/c1-5-14(6-2)9-16-12(19-10-14)17-13(3,4)11-15-7-8-18-11/h7-8H,5-6,9-10H2,1-4H3,(H,16,17). The summed E-state index contributed by atoms with van der Waals surface area (Å²) in [5, 5.41) is 7.74. The Morgan fingerprint density at radius 3 is 2.58 bits per heavy atom. The molecule has 0 amide bonds. The van der Waals surface area contributed by atoms with Gasteiger partial charge < -0.3 is 5.32 Å². The molecule has 0 aliphatic carbocycles. The maximum atomic E-state index is 4.77. The highest BCUT2D eigenvalue weighted by Gasteiger charge is 2.32. The molecule has 1 aliphatic heterocycles. The summed E-state index contributed by atoms with van der Waals surface area (Å²) < 4.78 is 0. The number of thiazole rings is 1. The summed E-state index contributed by atoms with van der Waals surface area (Å²) in [6, 6.07) is 0. The lowest BCUT2D eigenvalue weighted by molar-refractivity contribution is 0.317. The van der Waals surface area contributed by atoms with Gasteiger partial charge in [0.1, 0.15) is 5.01 Å². The number of thioether (sulfide) groups is 1. The van der Waals surface area contributed by atoms with E-state index in [1.165, 1.54) is 18.6 Å². The molecule has 0 unspecified atom stereocenters. The first-order valence-electron chi connectivity index (χ1n) is 6.87. The average molecular weight is 297 g/mol. The van der Waals surface area contributed by atoms with Crippen LogP contribution >= 0.6 is 23.1 Å². The van der Waals surface area contributed by atoms with E-state index in [-0.39, 0.29) is 5.54 Å². The molecule has 19 heavy (non-hydrogen) atoms. The van der Waals surface area contributed by atoms with Crippen molar-refractivity contribution in [2.75, 3.05) is 12.3 Å². The molecule has 0 saturated carbocycles. The van der Waals surface area contributed by atoms with Gasteiger partial charge in [-0.1, -0.05) is 25.6 Å². The zero-order valence-electron chi connectivity index (χ0n) is 12.2. The topological polar surface area (TPSA) is 37.3 Å². The van der Waals surface area contributed by atoms with Crippen LogP contribution in [0.1, 0.15) is 45.5 Å². The molecule has 0 atom stereocenters. The predicted octanol–water partition coefficient (Wildman–Crippen LogP) is 3.88. The lowest BCUT2D eigenvalue weighted by Crippen LogP contribution is -2.43. The minimum absolute atomic E-state index is 0.140. The van der Waals surface area contributed by atoms with Crippen LogP contribution in [0.2, 0.25) is 0 Å². The van der Waals surface area contributed by atoms with Gasteiger partial charge in [-0.3, -0.25) is 4.99 Å². The molecule has 106 valence electrons. The van der Waals surface area contributed by atoms with Gasteiger partial charge in [0.25, 0.3) is 0 Å². The molecule has 0 aromatic carbocycles. The van der Waals surface area contributed by atoms with Gasteiger partial charge >= 0.3 is 0 Å². The van der Waals surface area contributed by atoms with E-state index in [4.69, 9.17) is 4.99 Å². The van der Waals surface area contributed by atoms with Crippen molar-refractivity contribution in [3.8, 4) is 0 Å². The molecule has 3 nitrogen and oxygen atoms in total. The molecule has 5 heteroatoms. The van der Waals surface area contributed by atoms with E-state index in [1.807, 2.05) is 23.3 Å². The molecule has 0 fully saturated rings. The quantitative estimate of drug-likeness (QED) is 0.916. The molecular weight excluding hydrogens is 274 g/mol. The molecule has 1 aliphatic rings. The lowest BCUT2D eigenvalue weighted by atomic mass is 9.84. The second kappa shape index (κ2) is 5.83. The van der Waals surface area contributed by atoms with Gasteiger partial charge in [-0.05, 0) is 32.1 Å². The molecule has 1 N–H and O–H groups in total. The Kier molecular flexibility index (Phi) is 4.56. The van der Waals surface area contributed by atoms with E-state index >= 15 is 0 Å². The number of hydrogen-bond acceptors (Lipinski definition) is 5. The highest BCUT2D eigenvalue weighted by atomic mass is 32.2. The van der Waals surface area contributed by atoms with E-state index in [9.17, 15) is 0 Å². The average Bonchev–Trinajstić information content (AvgIpc) is 2.94. The van der Waals surface area contributed by atoms with Crippen molar-refractivity contribution in [1.82, 2.24) is 10.3 Å². The molecular formula is C14H23N3S2. The Morgan fingerprint density at radius 1 is 1.37 bits per heavy atom. The first-order valence-corrected chi connectivity index (χ1v) is 8.73. The normalized spacial score (nSPS) is 19.1. The van der Waals surface area contributed by atoms with Gasteiger partial charge in [0.15, 0.2) is 5.17 Å². The predicted molar refractivity (Wildman–Crippen MR) is 86.1 cm³/mol. The molecule has 0 bridgehead atoms. The third-order valence-corrected chi connectivity index (χ3v) is 6.32. The number of hydrogen-bond donors (Lipinski definition) is 1.